The minimum atomic E-state index is -0.349. The van der Waals surface area contributed by atoms with Crippen molar-refractivity contribution in [2.75, 3.05) is 26.1 Å². The maximum Gasteiger partial charge on any atom is 0.345 e. The normalized spacial score (nSPS) is 10.4. The second-order valence-corrected chi connectivity index (χ2v) is 6.15. The molecule has 0 aliphatic rings. The molecule has 0 heterocycles. The van der Waals surface area contributed by atoms with Gasteiger partial charge >= 0.3 is 6.03 Å². The summed E-state index contributed by atoms with van der Waals surface area (Å²) in [5.41, 5.74) is 1.79. The third-order valence-corrected chi connectivity index (χ3v) is 4.27. The number of urea groups is 1. The van der Waals surface area contributed by atoms with Crippen LogP contribution in [-0.4, -0.2) is 31.9 Å². The first-order chi connectivity index (χ1) is 12.0. The van der Waals surface area contributed by atoms with Crippen molar-refractivity contribution in [1.29, 1.82) is 0 Å². The van der Waals surface area contributed by atoms with E-state index in [4.69, 9.17) is 32.8 Å². The molecular formula is C18H20Cl2N2O3. The molecular weight excluding hydrogens is 363 g/mol. The van der Waals surface area contributed by atoms with E-state index < -0.39 is 0 Å². The van der Waals surface area contributed by atoms with Crippen LogP contribution in [0.3, 0.4) is 0 Å². The van der Waals surface area contributed by atoms with Gasteiger partial charge in [0.05, 0.1) is 23.8 Å². The second kappa shape index (κ2) is 9.51. The van der Waals surface area contributed by atoms with Crippen LogP contribution in [0, 0.1) is 0 Å². The highest BCUT2D eigenvalue weighted by Gasteiger charge is 2.07. The Balaban J connectivity index is 1.76. The lowest BCUT2D eigenvalue weighted by Gasteiger charge is -2.14. The molecule has 7 heteroatoms. The number of hydroxylamine groups is 2. The fraction of sp³-hybridized carbons (Fsp3) is 0.278. The molecule has 1 N–H and O–H groups in total. The predicted octanol–water partition coefficient (Wildman–Crippen LogP) is 5.03. The zero-order chi connectivity index (χ0) is 18.2. The molecule has 0 fully saturated rings. The number of carbonyl (C=O) groups is 1. The van der Waals surface area contributed by atoms with Crippen molar-refractivity contribution < 1.29 is 14.4 Å². The summed E-state index contributed by atoms with van der Waals surface area (Å²) < 4.78 is 5.70. The topological polar surface area (TPSA) is 50.8 Å². The Bertz CT molecular complexity index is 708. The lowest BCUT2D eigenvalue weighted by Crippen LogP contribution is -2.30. The molecule has 0 unspecified atom stereocenters. The fourth-order valence-electron chi connectivity index (χ4n) is 2.08. The smallest absolute Gasteiger partial charge is 0.345 e. The van der Waals surface area contributed by atoms with Crippen LogP contribution in [0.2, 0.25) is 10.0 Å². The number of nitrogens with one attached hydrogen (secondary N) is 1. The summed E-state index contributed by atoms with van der Waals surface area (Å²) in [4.78, 5) is 16.5. The number of nitrogens with zero attached hydrogens (tertiary/aromatic N) is 1. The molecule has 0 atom stereocenters. The van der Waals surface area contributed by atoms with Crippen molar-refractivity contribution in [3.8, 4) is 5.75 Å². The summed E-state index contributed by atoms with van der Waals surface area (Å²) in [6.07, 6.45) is 1.71. The number of rotatable bonds is 7. The highest BCUT2D eigenvalue weighted by atomic mass is 35.5. The van der Waals surface area contributed by atoms with Gasteiger partial charge in [0.2, 0.25) is 0 Å². The van der Waals surface area contributed by atoms with Gasteiger partial charge in [0, 0.05) is 12.7 Å². The fourth-order valence-corrected chi connectivity index (χ4v) is 2.40. The summed E-state index contributed by atoms with van der Waals surface area (Å²) in [6, 6.07) is 12.4. The van der Waals surface area contributed by atoms with Crippen molar-refractivity contribution in [2.45, 2.75) is 12.8 Å². The molecule has 0 spiro atoms. The van der Waals surface area contributed by atoms with Crippen molar-refractivity contribution >= 4 is 34.9 Å². The van der Waals surface area contributed by atoms with E-state index in [1.54, 1.807) is 18.2 Å². The zero-order valence-corrected chi connectivity index (χ0v) is 15.6. The van der Waals surface area contributed by atoms with Crippen LogP contribution in [0.15, 0.2) is 42.5 Å². The van der Waals surface area contributed by atoms with Gasteiger partial charge in [-0.2, -0.15) is 0 Å². The van der Waals surface area contributed by atoms with E-state index in [-0.39, 0.29) is 6.03 Å². The largest absolute Gasteiger partial charge is 0.494 e. The summed E-state index contributed by atoms with van der Waals surface area (Å²) in [7, 11) is 2.95. The van der Waals surface area contributed by atoms with E-state index in [0.717, 1.165) is 29.2 Å². The van der Waals surface area contributed by atoms with Gasteiger partial charge in [0.1, 0.15) is 5.75 Å². The molecule has 134 valence electrons. The monoisotopic (exact) mass is 382 g/mol. The maximum atomic E-state index is 11.7. The number of anilines is 1. The van der Waals surface area contributed by atoms with E-state index in [2.05, 4.69) is 5.32 Å². The molecule has 0 saturated heterocycles. The standard InChI is InChI=1S/C18H20Cl2N2O3/c1-22(24-2)18(23)21-14-6-8-15(9-7-14)25-11-3-4-13-5-10-16(19)17(20)12-13/h5-10,12H,3-4,11H2,1-2H3,(H,21,23). The molecule has 2 aromatic carbocycles. The van der Waals surface area contributed by atoms with E-state index in [0.29, 0.717) is 22.3 Å². The number of hydrogen-bond acceptors (Lipinski definition) is 3. The van der Waals surface area contributed by atoms with Gasteiger partial charge in [-0.25, -0.2) is 9.86 Å². The predicted molar refractivity (Wildman–Crippen MR) is 101 cm³/mol. The molecule has 25 heavy (non-hydrogen) atoms. The summed E-state index contributed by atoms with van der Waals surface area (Å²) in [5, 5.41) is 4.93. The highest BCUT2D eigenvalue weighted by Crippen LogP contribution is 2.23. The van der Waals surface area contributed by atoms with Gasteiger partial charge < -0.3 is 10.1 Å². The van der Waals surface area contributed by atoms with Gasteiger partial charge in [-0.1, -0.05) is 29.3 Å². The molecule has 5 nitrogen and oxygen atoms in total. The van der Waals surface area contributed by atoms with Crippen LogP contribution in [0.25, 0.3) is 0 Å². The van der Waals surface area contributed by atoms with Crippen molar-refractivity contribution in [3.05, 3.63) is 58.1 Å². The van der Waals surface area contributed by atoms with E-state index >= 15 is 0 Å². The first kappa shape index (κ1) is 19.4. The number of carbonyl (C=O) groups excluding carboxylic acids is 1. The Labute approximate surface area is 157 Å². The Hall–Kier alpha value is -1.95. The number of benzene rings is 2. The second-order valence-electron chi connectivity index (χ2n) is 5.34. The van der Waals surface area contributed by atoms with Gasteiger partial charge in [0.15, 0.2) is 0 Å². The Morgan fingerprint density at radius 1 is 1.12 bits per heavy atom. The zero-order valence-electron chi connectivity index (χ0n) is 14.1. The summed E-state index contributed by atoms with van der Waals surface area (Å²) >= 11 is 11.9. The van der Waals surface area contributed by atoms with Gasteiger partial charge in [-0.05, 0) is 54.8 Å². The molecule has 0 aliphatic carbocycles. The van der Waals surface area contributed by atoms with Crippen molar-refractivity contribution in [1.82, 2.24) is 5.06 Å². The molecule has 0 aliphatic heterocycles. The number of amides is 2. The van der Waals surface area contributed by atoms with Crippen molar-refractivity contribution in [3.63, 3.8) is 0 Å². The summed E-state index contributed by atoms with van der Waals surface area (Å²) in [6.45, 7) is 0.582. The molecule has 0 aromatic heterocycles. The summed E-state index contributed by atoms with van der Waals surface area (Å²) in [5.74, 6) is 0.743. The van der Waals surface area contributed by atoms with E-state index in [1.807, 2.05) is 24.3 Å². The third-order valence-electron chi connectivity index (χ3n) is 3.53. The number of halogens is 2. The quantitative estimate of drug-likeness (QED) is 0.539. The molecule has 0 saturated carbocycles. The third kappa shape index (κ3) is 6.12. The SMILES string of the molecule is CON(C)C(=O)Nc1ccc(OCCCc2ccc(Cl)c(Cl)c2)cc1. The molecule has 2 aromatic rings. The van der Waals surface area contributed by atoms with Crippen molar-refractivity contribution in [2.24, 2.45) is 0 Å². The minimum absolute atomic E-state index is 0.349. The minimum Gasteiger partial charge on any atom is -0.494 e. The van der Waals surface area contributed by atoms with Gasteiger partial charge in [-0.15, -0.1) is 0 Å². The van der Waals surface area contributed by atoms with Crippen LogP contribution in [0.5, 0.6) is 5.75 Å². The number of hydrogen-bond donors (Lipinski definition) is 1. The van der Waals surface area contributed by atoms with Crippen LogP contribution in [0.4, 0.5) is 10.5 Å². The highest BCUT2D eigenvalue weighted by molar-refractivity contribution is 6.42. The average Bonchev–Trinajstić information content (AvgIpc) is 2.62. The molecule has 0 radical (unpaired) electrons. The lowest BCUT2D eigenvalue weighted by atomic mass is 10.1. The van der Waals surface area contributed by atoms with Crippen LogP contribution in [-0.2, 0) is 11.3 Å². The lowest BCUT2D eigenvalue weighted by molar-refractivity contribution is -0.0598. The Morgan fingerprint density at radius 3 is 2.48 bits per heavy atom. The van der Waals surface area contributed by atoms with Gasteiger partial charge in [0.25, 0.3) is 0 Å². The number of ether oxygens (including phenoxy) is 1. The first-order valence-corrected chi connectivity index (χ1v) is 8.51. The van der Waals surface area contributed by atoms with E-state index in [9.17, 15) is 4.79 Å². The van der Waals surface area contributed by atoms with Gasteiger partial charge in [-0.3, -0.25) is 4.84 Å². The molecule has 2 rings (SSSR count). The Morgan fingerprint density at radius 2 is 1.84 bits per heavy atom. The van der Waals surface area contributed by atoms with Crippen LogP contribution >= 0.6 is 23.2 Å². The molecule has 0 bridgehead atoms. The van der Waals surface area contributed by atoms with E-state index in [1.165, 1.54) is 14.2 Å². The van der Waals surface area contributed by atoms with Crippen LogP contribution in [0.1, 0.15) is 12.0 Å². The average molecular weight is 383 g/mol. The number of aryl methyl sites for hydroxylation is 1. The maximum absolute atomic E-state index is 11.7. The first-order valence-electron chi connectivity index (χ1n) is 7.75. The Kier molecular flexibility index (Phi) is 7.37. The molecule has 2 amide bonds. The van der Waals surface area contributed by atoms with Crippen LogP contribution < -0.4 is 10.1 Å².